The molecule has 2 amide bonds. The van der Waals surface area contributed by atoms with E-state index in [2.05, 4.69) is 4.90 Å². The molecule has 2 fully saturated rings. The molecule has 48 heavy (non-hydrogen) atoms. The van der Waals surface area contributed by atoms with Gasteiger partial charge in [-0.15, -0.1) is 0 Å². The van der Waals surface area contributed by atoms with E-state index in [9.17, 15) is 19.2 Å². The van der Waals surface area contributed by atoms with Crippen LogP contribution in [0.5, 0.6) is 5.75 Å². The van der Waals surface area contributed by atoms with E-state index in [0.29, 0.717) is 60.3 Å². The first-order valence-electron chi connectivity index (χ1n) is 17.2. The normalized spacial score (nSPS) is 20.9. The zero-order chi connectivity index (χ0) is 33.7. The third-order valence-electron chi connectivity index (χ3n) is 10.6. The number of amides is 2. The van der Waals surface area contributed by atoms with Crippen LogP contribution in [0.25, 0.3) is 22.3 Å². The van der Waals surface area contributed by atoms with Gasteiger partial charge in [0.05, 0.1) is 29.0 Å². The number of aromatic nitrogens is 2. The van der Waals surface area contributed by atoms with Gasteiger partial charge in [-0.1, -0.05) is 20.3 Å². The van der Waals surface area contributed by atoms with Crippen LogP contribution in [0.2, 0.25) is 0 Å². The summed E-state index contributed by atoms with van der Waals surface area (Å²) in [6.07, 6.45) is 5.46. The topological polar surface area (TPSA) is 124 Å². The minimum absolute atomic E-state index is 0.0947. The number of fused-ring (bicyclic) bond motifs is 5. The van der Waals surface area contributed by atoms with Crippen molar-refractivity contribution < 1.29 is 28.6 Å². The molecule has 0 spiro atoms. The van der Waals surface area contributed by atoms with Gasteiger partial charge in [-0.3, -0.25) is 4.79 Å². The molecule has 2 aromatic heterocycles. The minimum Gasteiger partial charge on any atom is -0.457 e. The van der Waals surface area contributed by atoms with Crippen LogP contribution in [0.3, 0.4) is 0 Å². The molecule has 12 heteroatoms. The highest BCUT2D eigenvalue weighted by molar-refractivity contribution is 5.91. The molecule has 0 radical (unpaired) electrons. The Morgan fingerprint density at radius 3 is 2.46 bits per heavy atom. The van der Waals surface area contributed by atoms with E-state index >= 15 is 0 Å². The fourth-order valence-corrected chi connectivity index (χ4v) is 7.87. The van der Waals surface area contributed by atoms with Crippen LogP contribution < -0.4 is 10.3 Å². The number of cyclic esters (lactones) is 1. The second kappa shape index (κ2) is 12.5. The van der Waals surface area contributed by atoms with Gasteiger partial charge in [0.2, 0.25) is 5.60 Å². The molecule has 2 saturated heterocycles. The SMILES string of the molecule is CCc1c2c(nc3ccc(OC(=O)N4CCC(N5CCCCC5)CC4)cc13)-c1cc3c(c(=O)n1C2)COC(=O)[C@@]3(CC)OC(=O)N(C)C. The Balaban J connectivity index is 1.18. The summed E-state index contributed by atoms with van der Waals surface area (Å²) in [5, 5.41) is 0.859. The third kappa shape index (κ3) is 5.30. The van der Waals surface area contributed by atoms with E-state index in [-0.39, 0.29) is 30.2 Å². The Morgan fingerprint density at radius 2 is 1.77 bits per heavy atom. The summed E-state index contributed by atoms with van der Waals surface area (Å²) in [5.74, 6) is -0.249. The smallest absolute Gasteiger partial charge is 0.415 e. The van der Waals surface area contributed by atoms with E-state index in [1.54, 1.807) is 28.5 Å². The number of piperidine rings is 2. The predicted molar refractivity (Wildman–Crippen MR) is 178 cm³/mol. The van der Waals surface area contributed by atoms with Crippen molar-refractivity contribution in [1.82, 2.24) is 24.3 Å². The molecule has 7 rings (SSSR count). The molecule has 12 nitrogen and oxygen atoms in total. The van der Waals surface area contributed by atoms with Crippen molar-refractivity contribution in [3.63, 3.8) is 0 Å². The number of pyridine rings is 2. The van der Waals surface area contributed by atoms with E-state index in [0.717, 1.165) is 42.4 Å². The summed E-state index contributed by atoms with van der Waals surface area (Å²) in [6, 6.07) is 7.76. The van der Waals surface area contributed by atoms with E-state index < -0.39 is 17.7 Å². The van der Waals surface area contributed by atoms with Crippen molar-refractivity contribution in [3.05, 3.63) is 56.9 Å². The molecule has 0 N–H and O–H groups in total. The first kappa shape index (κ1) is 32.1. The maximum atomic E-state index is 14.0. The van der Waals surface area contributed by atoms with Crippen molar-refractivity contribution >= 4 is 29.1 Å². The number of nitrogens with zero attached hydrogens (tertiary/aromatic N) is 5. The zero-order valence-corrected chi connectivity index (χ0v) is 28.2. The largest absolute Gasteiger partial charge is 0.457 e. The van der Waals surface area contributed by atoms with Gasteiger partial charge in [-0.25, -0.2) is 19.4 Å². The third-order valence-corrected chi connectivity index (χ3v) is 10.6. The number of hydrogen-bond donors (Lipinski definition) is 0. The van der Waals surface area contributed by atoms with Gasteiger partial charge in [-0.2, -0.15) is 0 Å². The van der Waals surface area contributed by atoms with Crippen LogP contribution in [0.15, 0.2) is 29.1 Å². The molecule has 4 aliphatic rings. The average Bonchev–Trinajstić information content (AvgIpc) is 3.47. The van der Waals surface area contributed by atoms with Gasteiger partial charge in [0, 0.05) is 49.7 Å². The van der Waals surface area contributed by atoms with Crippen molar-refractivity contribution in [2.45, 2.75) is 83.6 Å². The monoisotopic (exact) mass is 657 g/mol. The van der Waals surface area contributed by atoms with Crippen molar-refractivity contribution in [3.8, 4) is 17.1 Å². The number of hydrogen-bond acceptors (Lipinski definition) is 9. The number of rotatable bonds is 5. The van der Waals surface area contributed by atoms with E-state index in [1.165, 1.54) is 38.3 Å². The number of carbonyl (C=O) groups is 3. The molecule has 0 saturated carbocycles. The lowest BCUT2D eigenvalue weighted by atomic mass is 9.85. The van der Waals surface area contributed by atoms with Crippen LogP contribution in [0.1, 0.15) is 74.6 Å². The van der Waals surface area contributed by atoms with Gasteiger partial charge in [0.1, 0.15) is 12.4 Å². The summed E-state index contributed by atoms with van der Waals surface area (Å²) >= 11 is 0. The van der Waals surface area contributed by atoms with Gasteiger partial charge >= 0.3 is 18.2 Å². The number of aryl methyl sites for hydroxylation is 1. The minimum atomic E-state index is -1.75. The highest BCUT2D eigenvalue weighted by atomic mass is 16.6. The van der Waals surface area contributed by atoms with Crippen molar-refractivity contribution in [1.29, 1.82) is 0 Å². The molecule has 254 valence electrons. The Labute approximate surface area is 279 Å². The molecule has 1 aromatic carbocycles. The first-order valence-corrected chi connectivity index (χ1v) is 17.2. The number of carbonyl (C=O) groups excluding carboxylic acids is 3. The Hall–Kier alpha value is -4.45. The molecular weight excluding hydrogens is 614 g/mol. The van der Waals surface area contributed by atoms with Crippen LogP contribution in [-0.4, -0.2) is 88.7 Å². The van der Waals surface area contributed by atoms with Crippen LogP contribution in [-0.2, 0) is 39.4 Å². The van der Waals surface area contributed by atoms with Crippen molar-refractivity contribution in [2.24, 2.45) is 0 Å². The predicted octanol–water partition coefficient (Wildman–Crippen LogP) is 4.80. The molecular formula is C36H43N5O7. The lowest BCUT2D eigenvalue weighted by Gasteiger charge is -2.39. The summed E-state index contributed by atoms with van der Waals surface area (Å²) in [5.41, 5.74) is 2.36. The van der Waals surface area contributed by atoms with E-state index in [4.69, 9.17) is 19.2 Å². The molecule has 4 aliphatic heterocycles. The molecule has 1 atom stereocenters. The highest BCUT2D eigenvalue weighted by Crippen LogP contribution is 2.42. The average molecular weight is 658 g/mol. The molecule has 0 unspecified atom stereocenters. The number of benzene rings is 1. The maximum absolute atomic E-state index is 14.0. The lowest BCUT2D eigenvalue weighted by Crippen LogP contribution is -2.48. The Morgan fingerprint density at radius 1 is 1.02 bits per heavy atom. The molecule has 3 aromatic rings. The van der Waals surface area contributed by atoms with Gasteiger partial charge in [-0.05, 0) is 81.4 Å². The molecule has 0 bridgehead atoms. The number of likely N-dealkylation sites (tertiary alicyclic amines) is 2. The van der Waals surface area contributed by atoms with Crippen LogP contribution in [0, 0.1) is 0 Å². The maximum Gasteiger partial charge on any atom is 0.415 e. The summed E-state index contributed by atoms with van der Waals surface area (Å²) < 4.78 is 18.7. The van der Waals surface area contributed by atoms with Crippen LogP contribution >= 0.6 is 0 Å². The fourth-order valence-electron chi connectivity index (χ4n) is 7.87. The molecule has 0 aliphatic carbocycles. The summed E-state index contributed by atoms with van der Waals surface area (Å²) in [7, 11) is 3.06. The quantitative estimate of drug-likeness (QED) is 0.279. The summed E-state index contributed by atoms with van der Waals surface area (Å²) in [4.78, 5) is 63.7. The summed E-state index contributed by atoms with van der Waals surface area (Å²) in [6.45, 7) is 7.55. The van der Waals surface area contributed by atoms with Gasteiger partial charge in [0.25, 0.3) is 5.56 Å². The zero-order valence-electron chi connectivity index (χ0n) is 28.2. The van der Waals surface area contributed by atoms with Crippen molar-refractivity contribution in [2.75, 3.05) is 40.3 Å². The van der Waals surface area contributed by atoms with Gasteiger partial charge in [0.15, 0.2) is 0 Å². The lowest BCUT2D eigenvalue weighted by molar-refractivity contribution is -0.173. The highest BCUT2D eigenvalue weighted by Gasteiger charge is 2.51. The number of ether oxygens (including phenoxy) is 3. The second-order valence-corrected chi connectivity index (χ2v) is 13.5. The van der Waals surface area contributed by atoms with Gasteiger partial charge < -0.3 is 33.5 Å². The molecule has 6 heterocycles. The first-order chi connectivity index (χ1) is 23.1. The Kier molecular flexibility index (Phi) is 8.39. The number of esters is 1. The van der Waals surface area contributed by atoms with E-state index in [1.807, 2.05) is 19.1 Å². The fraction of sp³-hybridized carbons (Fsp3) is 0.528. The van der Waals surface area contributed by atoms with Crippen LogP contribution in [0.4, 0.5) is 9.59 Å². The second-order valence-electron chi connectivity index (χ2n) is 13.5. The Bertz CT molecular complexity index is 1860. The standard InChI is InChI=1S/C36H43N5O7/c1-5-24-25-18-23(47-35(45)40-16-12-22(13-17-40)39-14-8-7-9-15-39)10-11-29(25)37-31-26(24)20-41-30(31)19-28-27(32(41)42)21-46-33(43)36(28,6-2)48-34(44)38(3)4/h10-11,18-19,22H,5-9,12-17,20-21H2,1-4H3/t36-/m0/s1.